The fraction of sp³-hybridized carbons (Fsp3) is 0.531. The van der Waals surface area contributed by atoms with Crippen LogP contribution in [0.25, 0.3) is 0 Å². The lowest BCUT2D eigenvalue weighted by atomic mass is 9.86. The average molecular weight is 698 g/mol. The van der Waals surface area contributed by atoms with E-state index in [0.717, 1.165) is 44.1 Å². The number of rotatable bonds is 18. The molecule has 14 heteroatoms. The van der Waals surface area contributed by atoms with Gasteiger partial charge in [0.15, 0.2) is 5.85 Å². The third kappa shape index (κ3) is 12.9. The van der Waals surface area contributed by atoms with Gasteiger partial charge in [0.05, 0.1) is 19.3 Å². The molecule has 0 heterocycles. The molecule has 3 rings (SSSR count). The minimum atomic E-state index is -4.08. The van der Waals surface area contributed by atoms with Crippen molar-refractivity contribution in [2.75, 3.05) is 18.5 Å². The maximum atomic E-state index is 13.8. The topological polar surface area (TPSA) is 152 Å². The molecule has 2 aromatic rings. The van der Waals surface area contributed by atoms with E-state index in [2.05, 4.69) is 15.4 Å². The van der Waals surface area contributed by atoms with Crippen molar-refractivity contribution in [2.45, 2.75) is 89.0 Å². The second-order valence-electron chi connectivity index (χ2n) is 11.0. The van der Waals surface area contributed by atoms with Crippen LogP contribution in [-0.4, -0.2) is 53.4 Å². The maximum absolute atomic E-state index is 13.8. The van der Waals surface area contributed by atoms with Crippen LogP contribution in [0.5, 0.6) is 0 Å². The van der Waals surface area contributed by atoms with E-state index in [1.54, 1.807) is 62.4 Å². The minimum absolute atomic E-state index is 0.00407. The molecule has 3 atom stereocenters. The van der Waals surface area contributed by atoms with E-state index in [-0.39, 0.29) is 44.5 Å². The Balaban J connectivity index is 1.73. The van der Waals surface area contributed by atoms with Crippen LogP contribution in [0.4, 0.5) is 10.5 Å². The Bertz CT molecular complexity index is 1290. The standard InChI is InChI=1S/C32H45ClN3O8PS/c1-3-43-45(41,44-4-2)31(39)27(18-19-29(37)34-26-16-9-6-10-17-26)35-30(38)28(21-23-12-7-5-8-13-23)46-36-32(40)42-22-24-14-11-15-25(33)20-24/h6,9-11,14-17,20,23,27-28,31,39H,3-5,7-8,12-13,18-19,21-22H2,1-2H3,(H,34,37)(H,35,38)(H,36,40)/t27-,28-,31?/m0/s1. The summed E-state index contributed by atoms with van der Waals surface area (Å²) in [6.07, 6.45) is 4.77. The number of ether oxygens (including phenoxy) is 1. The van der Waals surface area contributed by atoms with Gasteiger partial charge in [-0.3, -0.25) is 18.9 Å². The van der Waals surface area contributed by atoms with Crippen molar-refractivity contribution in [3.05, 3.63) is 65.2 Å². The zero-order valence-electron chi connectivity index (χ0n) is 26.3. The van der Waals surface area contributed by atoms with E-state index in [1.165, 1.54) is 0 Å². The van der Waals surface area contributed by atoms with Crippen LogP contribution in [0.2, 0.25) is 5.02 Å². The van der Waals surface area contributed by atoms with Gasteiger partial charge in [-0.1, -0.05) is 74.0 Å². The Morgan fingerprint density at radius 2 is 1.72 bits per heavy atom. The molecule has 1 saturated carbocycles. The van der Waals surface area contributed by atoms with Gasteiger partial charge in [-0.15, -0.1) is 0 Å². The second kappa shape index (κ2) is 19.9. The quantitative estimate of drug-likeness (QED) is 0.0949. The average Bonchev–Trinajstić information content (AvgIpc) is 3.04. The number of aliphatic hydroxyl groups is 1. The van der Waals surface area contributed by atoms with Crippen molar-refractivity contribution in [2.24, 2.45) is 5.92 Å². The van der Waals surface area contributed by atoms with Gasteiger partial charge >= 0.3 is 13.7 Å². The van der Waals surface area contributed by atoms with Crippen molar-refractivity contribution in [3.8, 4) is 0 Å². The van der Waals surface area contributed by atoms with Crippen LogP contribution in [0.15, 0.2) is 54.6 Å². The van der Waals surface area contributed by atoms with Gasteiger partial charge in [0.25, 0.3) is 0 Å². The first-order valence-corrected chi connectivity index (χ1v) is 18.6. The Morgan fingerprint density at radius 1 is 1.02 bits per heavy atom. The van der Waals surface area contributed by atoms with Crippen LogP contribution in [0.3, 0.4) is 0 Å². The first-order chi connectivity index (χ1) is 22.1. The summed E-state index contributed by atoms with van der Waals surface area (Å²) in [7, 11) is -4.08. The number of amides is 3. The van der Waals surface area contributed by atoms with Crippen molar-refractivity contribution < 1.29 is 37.8 Å². The molecule has 1 aliphatic carbocycles. The van der Waals surface area contributed by atoms with Gasteiger partial charge in [-0.05, 0) is 74.4 Å². The molecule has 4 N–H and O–H groups in total. The first-order valence-electron chi connectivity index (χ1n) is 15.7. The van der Waals surface area contributed by atoms with E-state index in [9.17, 15) is 24.1 Å². The molecule has 2 aromatic carbocycles. The number of benzene rings is 2. The van der Waals surface area contributed by atoms with Crippen LogP contribution in [-0.2, 0) is 34.5 Å². The van der Waals surface area contributed by atoms with Gasteiger partial charge in [-0.25, -0.2) is 4.79 Å². The van der Waals surface area contributed by atoms with Crippen LogP contribution >= 0.6 is 31.1 Å². The molecule has 0 aliphatic heterocycles. The molecular weight excluding hydrogens is 653 g/mol. The fourth-order valence-electron chi connectivity index (χ4n) is 5.23. The zero-order chi connectivity index (χ0) is 33.4. The lowest BCUT2D eigenvalue weighted by Gasteiger charge is -2.31. The molecule has 254 valence electrons. The number of nitrogens with one attached hydrogen (secondary N) is 3. The lowest BCUT2D eigenvalue weighted by Crippen LogP contribution is -2.48. The minimum Gasteiger partial charge on any atom is -0.444 e. The summed E-state index contributed by atoms with van der Waals surface area (Å²) < 4.78 is 32.2. The van der Waals surface area contributed by atoms with Crippen molar-refractivity contribution in [1.29, 1.82) is 0 Å². The van der Waals surface area contributed by atoms with E-state index < -0.39 is 36.7 Å². The third-order valence-corrected chi connectivity index (χ3v) is 10.9. The second-order valence-corrected chi connectivity index (χ2v) is 14.6. The zero-order valence-corrected chi connectivity index (χ0v) is 28.8. The number of carbonyl (C=O) groups is 3. The van der Waals surface area contributed by atoms with E-state index in [1.807, 2.05) is 6.07 Å². The van der Waals surface area contributed by atoms with Gasteiger partial charge in [0.2, 0.25) is 11.8 Å². The molecule has 0 saturated heterocycles. The smallest absolute Gasteiger partial charge is 0.417 e. The molecule has 1 unspecified atom stereocenters. The molecule has 0 bridgehead atoms. The summed E-state index contributed by atoms with van der Waals surface area (Å²) in [5.74, 6) is -2.31. The van der Waals surface area contributed by atoms with Crippen molar-refractivity contribution >= 4 is 54.7 Å². The normalized spacial score (nSPS) is 15.7. The maximum Gasteiger partial charge on any atom is 0.417 e. The molecule has 1 fully saturated rings. The molecule has 11 nitrogen and oxygen atoms in total. The number of para-hydroxylation sites is 1. The molecule has 0 aromatic heterocycles. The van der Waals surface area contributed by atoms with Crippen molar-refractivity contribution in [1.82, 2.24) is 10.0 Å². The summed E-state index contributed by atoms with van der Waals surface area (Å²) in [5.41, 5.74) is 1.31. The third-order valence-electron chi connectivity index (χ3n) is 7.48. The first kappa shape index (κ1) is 37.9. The highest BCUT2D eigenvalue weighted by Crippen LogP contribution is 2.53. The monoisotopic (exact) mass is 697 g/mol. The molecule has 3 amide bonds. The van der Waals surface area contributed by atoms with Gasteiger partial charge < -0.3 is 29.5 Å². The molecule has 46 heavy (non-hydrogen) atoms. The summed E-state index contributed by atoms with van der Waals surface area (Å²) in [4.78, 5) is 39.2. The number of carbonyl (C=O) groups excluding carboxylic acids is 3. The summed E-state index contributed by atoms with van der Waals surface area (Å²) in [6, 6.07) is 14.7. The molecule has 0 spiro atoms. The fourth-order valence-corrected chi connectivity index (χ4v) is 8.05. The van der Waals surface area contributed by atoms with Crippen LogP contribution in [0, 0.1) is 5.92 Å². The predicted octanol–water partition coefficient (Wildman–Crippen LogP) is 7.04. The Hall–Kier alpha value is -2.60. The molecule has 1 aliphatic rings. The van der Waals surface area contributed by atoms with Crippen LogP contribution < -0.4 is 15.4 Å². The van der Waals surface area contributed by atoms with E-state index in [0.29, 0.717) is 22.7 Å². The highest BCUT2D eigenvalue weighted by atomic mass is 35.5. The molecule has 0 radical (unpaired) electrons. The highest BCUT2D eigenvalue weighted by Gasteiger charge is 2.41. The van der Waals surface area contributed by atoms with Gasteiger partial charge in [0, 0.05) is 17.1 Å². The largest absolute Gasteiger partial charge is 0.444 e. The summed E-state index contributed by atoms with van der Waals surface area (Å²) >= 11 is 6.94. The van der Waals surface area contributed by atoms with Crippen molar-refractivity contribution in [3.63, 3.8) is 0 Å². The summed E-state index contributed by atoms with van der Waals surface area (Å²) in [5, 5.41) is 16.6. The Labute approximate surface area is 280 Å². The van der Waals surface area contributed by atoms with E-state index >= 15 is 0 Å². The SMILES string of the molecule is CCOP(=O)(OCC)C(O)[C@H](CCC(=O)Nc1ccccc1)NC(=O)[C@H](CC1CCCCC1)SNC(=O)OCc1cccc(Cl)c1. The number of halogens is 1. The number of hydrogen-bond acceptors (Lipinski definition) is 9. The van der Waals surface area contributed by atoms with Crippen LogP contribution in [0.1, 0.15) is 70.8 Å². The molecular formula is C32H45ClN3O8PS. The number of hydrogen-bond donors (Lipinski definition) is 4. The summed E-state index contributed by atoms with van der Waals surface area (Å²) in [6.45, 7) is 3.24. The Morgan fingerprint density at radius 3 is 2.37 bits per heavy atom. The van der Waals surface area contributed by atoms with Gasteiger partial charge in [0.1, 0.15) is 11.9 Å². The van der Waals surface area contributed by atoms with Gasteiger partial charge in [-0.2, -0.15) is 0 Å². The predicted molar refractivity (Wildman–Crippen MR) is 180 cm³/mol. The lowest BCUT2D eigenvalue weighted by molar-refractivity contribution is -0.123. The Kier molecular flexibility index (Phi) is 16.4. The number of aliphatic hydroxyl groups excluding tert-OH is 1. The van der Waals surface area contributed by atoms with E-state index in [4.69, 9.17) is 25.4 Å². The highest BCUT2D eigenvalue weighted by molar-refractivity contribution is 7.99. The number of anilines is 1.